The van der Waals surface area contributed by atoms with Crippen LogP contribution in [0.4, 0.5) is 10.6 Å². The molecule has 2 aromatic heterocycles. The molecule has 1 saturated heterocycles. The van der Waals surface area contributed by atoms with Gasteiger partial charge in [-0.2, -0.15) is 0 Å². The third-order valence-electron chi connectivity index (χ3n) is 6.37. The average molecular weight is 548 g/mol. The second-order valence-corrected chi connectivity index (χ2v) is 10.8. The number of amides is 1. The Labute approximate surface area is 231 Å². The Hall–Kier alpha value is -4.11. The van der Waals surface area contributed by atoms with Crippen LogP contribution in [0.1, 0.15) is 49.5 Å². The quantitative estimate of drug-likeness (QED) is 0.267. The second kappa shape index (κ2) is 10.9. The predicted octanol–water partition coefficient (Wildman–Crippen LogP) is 6.45. The van der Waals surface area contributed by atoms with Crippen LogP contribution in [0.5, 0.6) is 11.5 Å². The monoisotopic (exact) mass is 547 g/mol. The van der Waals surface area contributed by atoms with Crippen molar-refractivity contribution < 1.29 is 19.1 Å². The molecule has 2 aromatic carbocycles. The van der Waals surface area contributed by atoms with Gasteiger partial charge >= 0.3 is 6.09 Å². The summed E-state index contributed by atoms with van der Waals surface area (Å²) in [4.78, 5) is 39.6. The van der Waals surface area contributed by atoms with E-state index in [1.165, 1.54) is 6.33 Å². The van der Waals surface area contributed by atoms with E-state index in [-0.39, 0.29) is 22.9 Å². The van der Waals surface area contributed by atoms with E-state index in [1.54, 1.807) is 29.3 Å². The van der Waals surface area contributed by atoms with Crippen LogP contribution in [-0.4, -0.2) is 56.5 Å². The standard InChI is InChI=1S/C29H30ClN5O4/c1-29(2,3)39-28(37)35-13-11-18(12-14-35)34-27-24-22(16-31-26(24)32-17-33-27)25(36)21-10-9-20(15-23(21)30)38-19-7-5-4-6-8-19/h4-10,15-18H,11-14H2,1-3H3,(H2,31,32,33,34). The maximum Gasteiger partial charge on any atom is 0.410 e. The summed E-state index contributed by atoms with van der Waals surface area (Å²) in [6, 6.07) is 14.4. The van der Waals surface area contributed by atoms with E-state index in [4.69, 9.17) is 21.1 Å². The number of H-pyrrole nitrogens is 1. The lowest BCUT2D eigenvalue weighted by Gasteiger charge is -2.34. The van der Waals surface area contributed by atoms with Crippen LogP contribution in [0, 0.1) is 0 Å². The zero-order chi connectivity index (χ0) is 27.6. The number of hydrogen-bond donors (Lipinski definition) is 2. The Morgan fingerprint density at radius 3 is 2.46 bits per heavy atom. The fourth-order valence-corrected chi connectivity index (χ4v) is 4.75. The number of rotatable bonds is 6. The zero-order valence-electron chi connectivity index (χ0n) is 22.0. The van der Waals surface area contributed by atoms with Gasteiger partial charge in [0, 0.05) is 37.0 Å². The van der Waals surface area contributed by atoms with Crippen LogP contribution in [0.15, 0.2) is 61.1 Å². The smallest absolute Gasteiger partial charge is 0.410 e. The minimum absolute atomic E-state index is 0.0673. The van der Waals surface area contributed by atoms with E-state index in [2.05, 4.69) is 20.3 Å². The van der Waals surface area contributed by atoms with Crippen molar-refractivity contribution in [3.05, 3.63) is 77.2 Å². The lowest BCUT2D eigenvalue weighted by molar-refractivity contribution is 0.0210. The summed E-state index contributed by atoms with van der Waals surface area (Å²) < 4.78 is 11.3. The van der Waals surface area contributed by atoms with Gasteiger partial charge in [-0.25, -0.2) is 14.8 Å². The van der Waals surface area contributed by atoms with Crippen molar-refractivity contribution in [2.45, 2.75) is 45.3 Å². The molecule has 1 fully saturated rings. The van der Waals surface area contributed by atoms with Gasteiger partial charge in [0.05, 0.1) is 16.0 Å². The largest absolute Gasteiger partial charge is 0.457 e. The highest BCUT2D eigenvalue weighted by Crippen LogP contribution is 2.32. The van der Waals surface area contributed by atoms with E-state index in [0.717, 1.165) is 0 Å². The van der Waals surface area contributed by atoms with Gasteiger partial charge in [0.1, 0.15) is 34.9 Å². The van der Waals surface area contributed by atoms with Crippen molar-refractivity contribution in [2.24, 2.45) is 0 Å². The van der Waals surface area contributed by atoms with Crippen molar-refractivity contribution in [1.82, 2.24) is 19.9 Å². The van der Waals surface area contributed by atoms with Crippen molar-refractivity contribution in [2.75, 3.05) is 18.4 Å². The molecule has 2 N–H and O–H groups in total. The number of carbonyl (C=O) groups is 2. The Morgan fingerprint density at radius 2 is 1.77 bits per heavy atom. The molecule has 9 nitrogen and oxygen atoms in total. The number of benzene rings is 2. The summed E-state index contributed by atoms with van der Waals surface area (Å²) in [5, 5.41) is 4.34. The van der Waals surface area contributed by atoms with Gasteiger partial charge in [-0.1, -0.05) is 29.8 Å². The van der Waals surface area contributed by atoms with Gasteiger partial charge in [0.2, 0.25) is 0 Å². The summed E-state index contributed by atoms with van der Waals surface area (Å²) in [6.07, 6.45) is 4.21. The van der Waals surface area contributed by atoms with Gasteiger partial charge in [-0.3, -0.25) is 4.79 Å². The number of hydrogen-bond acceptors (Lipinski definition) is 7. The molecule has 0 bridgehead atoms. The molecule has 0 unspecified atom stereocenters. The fraction of sp³-hybridized carbons (Fsp3) is 0.310. The minimum atomic E-state index is -0.534. The number of ketones is 1. The number of fused-ring (bicyclic) bond motifs is 1. The van der Waals surface area contributed by atoms with E-state index >= 15 is 0 Å². The molecule has 10 heteroatoms. The number of ether oxygens (including phenoxy) is 2. The highest BCUT2D eigenvalue weighted by molar-refractivity contribution is 6.35. The van der Waals surface area contributed by atoms with E-state index < -0.39 is 5.60 Å². The molecule has 0 saturated carbocycles. The van der Waals surface area contributed by atoms with Gasteiger partial charge in [0.25, 0.3) is 0 Å². The molecule has 4 aromatic rings. The third-order valence-corrected chi connectivity index (χ3v) is 6.68. The maximum atomic E-state index is 13.6. The van der Waals surface area contributed by atoms with Crippen LogP contribution in [0.3, 0.4) is 0 Å². The predicted molar refractivity (Wildman–Crippen MR) is 150 cm³/mol. The molecular weight excluding hydrogens is 518 g/mol. The molecule has 202 valence electrons. The summed E-state index contributed by atoms with van der Waals surface area (Å²) in [7, 11) is 0. The van der Waals surface area contributed by atoms with E-state index in [9.17, 15) is 9.59 Å². The lowest BCUT2D eigenvalue weighted by Crippen LogP contribution is -2.44. The number of halogens is 1. The Bertz CT molecular complexity index is 1490. The number of aromatic nitrogens is 3. The van der Waals surface area contributed by atoms with Crippen molar-refractivity contribution in [3.63, 3.8) is 0 Å². The lowest BCUT2D eigenvalue weighted by atomic mass is 10.0. The minimum Gasteiger partial charge on any atom is -0.457 e. The summed E-state index contributed by atoms with van der Waals surface area (Å²) >= 11 is 6.53. The second-order valence-electron chi connectivity index (χ2n) is 10.4. The van der Waals surface area contributed by atoms with Crippen molar-refractivity contribution >= 4 is 40.3 Å². The molecule has 0 aliphatic carbocycles. The van der Waals surface area contributed by atoms with Crippen LogP contribution in [0.2, 0.25) is 5.02 Å². The Balaban J connectivity index is 1.32. The van der Waals surface area contributed by atoms with Gasteiger partial charge in [-0.05, 0) is 57.9 Å². The number of likely N-dealkylation sites (tertiary alicyclic amines) is 1. The van der Waals surface area contributed by atoms with Crippen LogP contribution >= 0.6 is 11.6 Å². The SMILES string of the molecule is CC(C)(C)OC(=O)N1CCC(Nc2ncnc3[nH]cc(C(=O)c4ccc(Oc5ccccc5)cc4Cl)c23)CC1. The number of piperidine rings is 1. The molecule has 1 aliphatic rings. The highest BCUT2D eigenvalue weighted by atomic mass is 35.5. The number of carbonyl (C=O) groups excluding carboxylic acids is 2. The average Bonchev–Trinajstić information content (AvgIpc) is 3.34. The van der Waals surface area contributed by atoms with Crippen LogP contribution < -0.4 is 10.1 Å². The fourth-order valence-electron chi connectivity index (χ4n) is 4.49. The number of aromatic amines is 1. The summed E-state index contributed by atoms with van der Waals surface area (Å²) in [5.74, 6) is 1.51. The molecule has 0 radical (unpaired) electrons. The first-order valence-corrected chi connectivity index (χ1v) is 13.2. The van der Waals surface area contributed by atoms with Crippen molar-refractivity contribution in [1.29, 1.82) is 0 Å². The van der Waals surface area contributed by atoms with Crippen LogP contribution in [-0.2, 0) is 4.74 Å². The van der Waals surface area contributed by atoms with Gasteiger partial charge < -0.3 is 24.7 Å². The summed E-state index contributed by atoms with van der Waals surface area (Å²) in [6.45, 7) is 6.69. The van der Waals surface area contributed by atoms with E-state index in [1.807, 2.05) is 51.1 Å². The molecule has 39 heavy (non-hydrogen) atoms. The van der Waals surface area contributed by atoms with Crippen LogP contribution in [0.25, 0.3) is 11.0 Å². The zero-order valence-corrected chi connectivity index (χ0v) is 22.8. The third kappa shape index (κ3) is 6.15. The number of nitrogens with one attached hydrogen (secondary N) is 2. The van der Waals surface area contributed by atoms with Gasteiger partial charge in [-0.15, -0.1) is 0 Å². The summed E-state index contributed by atoms with van der Waals surface area (Å²) in [5.41, 5.74) is 0.771. The Kier molecular flexibility index (Phi) is 7.43. The highest BCUT2D eigenvalue weighted by Gasteiger charge is 2.28. The normalized spacial score (nSPS) is 14.3. The molecule has 1 amide bonds. The number of para-hydroxylation sites is 1. The Morgan fingerprint density at radius 1 is 1.03 bits per heavy atom. The first-order valence-electron chi connectivity index (χ1n) is 12.8. The molecule has 0 spiro atoms. The number of anilines is 1. The molecule has 3 heterocycles. The van der Waals surface area contributed by atoms with Gasteiger partial charge in [0.15, 0.2) is 5.78 Å². The molecule has 5 rings (SSSR count). The van der Waals surface area contributed by atoms with Crippen molar-refractivity contribution in [3.8, 4) is 11.5 Å². The van der Waals surface area contributed by atoms with E-state index in [0.29, 0.717) is 65.4 Å². The molecule has 1 aliphatic heterocycles. The molecular formula is C29H30ClN5O4. The first kappa shape index (κ1) is 26.5. The first-order chi connectivity index (χ1) is 18.7. The maximum absolute atomic E-state index is 13.6. The molecule has 0 atom stereocenters. The topological polar surface area (TPSA) is 109 Å². The number of nitrogens with zero attached hydrogens (tertiary/aromatic N) is 3.